The van der Waals surface area contributed by atoms with Gasteiger partial charge in [0.15, 0.2) is 5.65 Å². The van der Waals surface area contributed by atoms with Gasteiger partial charge in [0, 0.05) is 65.0 Å². The van der Waals surface area contributed by atoms with Crippen LogP contribution < -0.4 is 9.64 Å². The maximum absolute atomic E-state index is 12.6. The molecule has 0 bridgehead atoms. The van der Waals surface area contributed by atoms with Crippen LogP contribution in [0.1, 0.15) is 33.6 Å². The van der Waals surface area contributed by atoms with E-state index >= 15 is 0 Å². The van der Waals surface area contributed by atoms with Crippen molar-refractivity contribution in [3.8, 4) is 17.3 Å². The molecule has 12 heteroatoms. The molecule has 0 spiro atoms. The van der Waals surface area contributed by atoms with Gasteiger partial charge in [-0.05, 0) is 45.0 Å². The van der Waals surface area contributed by atoms with Gasteiger partial charge in [-0.15, -0.1) is 0 Å². The number of morpholine rings is 1. The SMILES string of the molecule is CC(C)(C)OC(=O)N1CCC(Oc2nc3cc(Cl)c(-c4ccc(N5CCOCC5)cc4)nc3n2COCC[Si](C)(C)C)CC1. The molecule has 2 fully saturated rings. The van der Waals surface area contributed by atoms with E-state index in [0.29, 0.717) is 60.4 Å². The van der Waals surface area contributed by atoms with E-state index in [-0.39, 0.29) is 18.9 Å². The Balaban J connectivity index is 1.36. The summed E-state index contributed by atoms with van der Waals surface area (Å²) in [6.07, 6.45) is 0.957. The van der Waals surface area contributed by atoms with Crippen molar-refractivity contribution in [2.45, 2.75) is 77.7 Å². The molecule has 0 atom stereocenters. The van der Waals surface area contributed by atoms with Gasteiger partial charge in [0.1, 0.15) is 24.0 Å². The molecule has 2 aliphatic heterocycles. The topological polar surface area (TPSA) is 91.2 Å². The van der Waals surface area contributed by atoms with Gasteiger partial charge in [0.05, 0.1) is 23.9 Å². The molecule has 2 saturated heterocycles. The second kappa shape index (κ2) is 13.6. The fourth-order valence-electron chi connectivity index (χ4n) is 5.23. The number of halogens is 1. The Bertz CT molecular complexity index is 1420. The second-order valence-corrected chi connectivity index (χ2v) is 19.8. The van der Waals surface area contributed by atoms with Gasteiger partial charge in [-0.2, -0.15) is 4.98 Å². The molecule has 1 aromatic carbocycles. The van der Waals surface area contributed by atoms with Crippen LogP contribution >= 0.6 is 11.6 Å². The van der Waals surface area contributed by atoms with Crippen molar-refractivity contribution in [3.05, 3.63) is 35.4 Å². The third-order valence-electron chi connectivity index (χ3n) is 7.74. The summed E-state index contributed by atoms with van der Waals surface area (Å²) in [7, 11) is -1.26. The summed E-state index contributed by atoms with van der Waals surface area (Å²) in [5.41, 5.74) is 3.56. The van der Waals surface area contributed by atoms with Crippen LogP contribution in [-0.2, 0) is 20.9 Å². The van der Waals surface area contributed by atoms with Crippen LogP contribution in [0.2, 0.25) is 30.7 Å². The summed E-state index contributed by atoms with van der Waals surface area (Å²) in [5.74, 6) is 0. The van der Waals surface area contributed by atoms with Gasteiger partial charge >= 0.3 is 12.1 Å². The number of benzene rings is 1. The summed E-state index contributed by atoms with van der Waals surface area (Å²) in [5, 5.41) is 0.526. The number of likely N-dealkylation sites (tertiary alicyclic amines) is 1. The molecule has 0 aliphatic carbocycles. The number of hydrogen-bond acceptors (Lipinski definition) is 8. The molecule has 4 heterocycles. The Labute approximate surface area is 266 Å². The minimum absolute atomic E-state index is 0.103. The lowest BCUT2D eigenvalue weighted by Crippen LogP contribution is -2.44. The van der Waals surface area contributed by atoms with Crippen molar-refractivity contribution in [3.63, 3.8) is 0 Å². The van der Waals surface area contributed by atoms with E-state index < -0.39 is 13.7 Å². The van der Waals surface area contributed by atoms with E-state index in [0.717, 1.165) is 43.6 Å². The molecule has 2 aromatic heterocycles. The first kappa shape index (κ1) is 32.5. The number of anilines is 1. The van der Waals surface area contributed by atoms with Gasteiger partial charge in [-0.1, -0.05) is 43.4 Å². The van der Waals surface area contributed by atoms with E-state index in [4.69, 9.17) is 40.5 Å². The quantitative estimate of drug-likeness (QED) is 0.188. The lowest BCUT2D eigenvalue weighted by Gasteiger charge is -2.33. The number of amides is 1. The highest BCUT2D eigenvalue weighted by Crippen LogP contribution is 2.33. The number of nitrogens with zero attached hydrogens (tertiary/aromatic N) is 5. The summed E-state index contributed by atoms with van der Waals surface area (Å²) in [6.45, 7) is 17.9. The van der Waals surface area contributed by atoms with Crippen molar-refractivity contribution >= 4 is 42.6 Å². The molecule has 1 amide bonds. The van der Waals surface area contributed by atoms with Crippen molar-refractivity contribution in [1.82, 2.24) is 19.4 Å². The number of aromatic nitrogens is 3. The first-order chi connectivity index (χ1) is 20.9. The molecule has 0 unspecified atom stereocenters. The average molecular weight is 644 g/mol. The van der Waals surface area contributed by atoms with Crippen LogP contribution in [-0.4, -0.2) is 91.3 Å². The molecule has 0 saturated carbocycles. The molecule has 240 valence electrons. The van der Waals surface area contributed by atoms with Gasteiger partial charge in [0.2, 0.25) is 0 Å². The Morgan fingerprint density at radius 2 is 1.73 bits per heavy atom. The Morgan fingerprint density at radius 1 is 1.05 bits per heavy atom. The number of hydrogen-bond donors (Lipinski definition) is 0. The standard InChI is InChI=1S/C32H46ClN5O5Si/c1-32(2,3)43-31(39)37-13-11-25(12-14-37)42-30-34-27-21-26(33)28(35-29(27)38(30)22-41-19-20-44(4,5)6)23-7-9-24(10-8-23)36-15-17-40-18-16-36/h7-10,21,25H,11-20,22H2,1-6H3. The predicted octanol–water partition coefficient (Wildman–Crippen LogP) is 6.68. The first-order valence-electron chi connectivity index (χ1n) is 15.6. The monoisotopic (exact) mass is 643 g/mol. The Kier molecular flexibility index (Phi) is 10.1. The van der Waals surface area contributed by atoms with Gasteiger partial charge in [-0.3, -0.25) is 4.57 Å². The lowest BCUT2D eigenvalue weighted by atomic mass is 10.1. The van der Waals surface area contributed by atoms with Gasteiger partial charge in [0.25, 0.3) is 0 Å². The highest BCUT2D eigenvalue weighted by atomic mass is 35.5. The number of piperidine rings is 1. The van der Waals surface area contributed by atoms with E-state index in [1.807, 2.05) is 31.4 Å². The van der Waals surface area contributed by atoms with Crippen molar-refractivity contribution in [2.75, 3.05) is 50.9 Å². The van der Waals surface area contributed by atoms with Crippen LogP contribution in [0.3, 0.4) is 0 Å². The van der Waals surface area contributed by atoms with Gasteiger partial charge < -0.3 is 28.7 Å². The summed E-state index contributed by atoms with van der Waals surface area (Å²) >= 11 is 6.79. The highest BCUT2D eigenvalue weighted by Gasteiger charge is 2.29. The average Bonchev–Trinajstić information content (AvgIpc) is 3.29. The molecule has 10 nitrogen and oxygen atoms in total. The molecular weight excluding hydrogens is 598 g/mol. The molecule has 5 rings (SSSR count). The smallest absolute Gasteiger partial charge is 0.410 e. The third-order valence-corrected chi connectivity index (χ3v) is 9.73. The maximum Gasteiger partial charge on any atom is 0.410 e. The zero-order valence-corrected chi connectivity index (χ0v) is 28.7. The summed E-state index contributed by atoms with van der Waals surface area (Å²) in [4.78, 5) is 26.4. The fourth-order valence-corrected chi connectivity index (χ4v) is 6.24. The van der Waals surface area contributed by atoms with Crippen LogP contribution in [0.25, 0.3) is 22.4 Å². The van der Waals surface area contributed by atoms with E-state index in [1.165, 1.54) is 0 Å². The minimum Gasteiger partial charge on any atom is -0.461 e. The summed E-state index contributed by atoms with van der Waals surface area (Å²) in [6, 6.07) is 11.7. The normalized spacial score (nSPS) is 16.9. The van der Waals surface area contributed by atoms with E-state index in [9.17, 15) is 4.79 Å². The van der Waals surface area contributed by atoms with Crippen LogP contribution in [0.15, 0.2) is 30.3 Å². The largest absolute Gasteiger partial charge is 0.461 e. The number of carbonyl (C=O) groups excluding carboxylic acids is 1. The van der Waals surface area contributed by atoms with Crippen LogP contribution in [0, 0.1) is 0 Å². The number of ether oxygens (including phenoxy) is 4. The van der Waals surface area contributed by atoms with E-state index in [2.05, 4.69) is 48.8 Å². The van der Waals surface area contributed by atoms with Crippen molar-refractivity contribution < 1.29 is 23.7 Å². The third kappa shape index (κ3) is 8.44. The maximum atomic E-state index is 12.6. The predicted molar refractivity (Wildman–Crippen MR) is 177 cm³/mol. The second-order valence-electron chi connectivity index (χ2n) is 13.8. The zero-order valence-electron chi connectivity index (χ0n) is 26.9. The summed E-state index contributed by atoms with van der Waals surface area (Å²) < 4.78 is 25.6. The minimum atomic E-state index is -1.26. The molecule has 44 heavy (non-hydrogen) atoms. The molecular formula is C32H46ClN5O5Si. The molecule has 0 N–H and O–H groups in total. The number of fused-ring (bicyclic) bond motifs is 1. The molecule has 3 aromatic rings. The van der Waals surface area contributed by atoms with Gasteiger partial charge in [-0.25, -0.2) is 9.78 Å². The zero-order chi connectivity index (χ0) is 31.5. The van der Waals surface area contributed by atoms with Crippen LogP contribution in [0.5, 0.6) is 6.01 Å². The molecule has 0 radical (unpaired) electrons. The lowest BCUT2D eigenvalue weighted by molar-refractivity contribution is 0.0104. The van der Waals surface area contributed by atoms with Crippen LogP contribution in [0.4, 0.5) is 10.5 Å². The van der Waals surface area contributed by atoms with E-state index in [1.54, 1.807) is 4.90 Å². The first-order valence-corrected chi connectivity index (χ1v) is 19.7. The number of imidazole rings is 1. The Hall–Kier alpha value is -2.86. The molecule has 2 aliphatic rings. The Morgan fingerprint density at radius 3 is 2.36 bits per heavy atom. The number of rotatable bonds is 9. The number of carbonyl (C=O) groups is 1. The highest BCUT2D eigenvalue weighted by molar-refractivity contribution is 6.76. The fraction of sp³-hybridized carbons (Fsp3) is 0.594. The number of pyridine rings is 1. The van der Waals surface area contributed by atoms with Crippen molar-refractivity contribution in [2.24, 2.45) is 0 Å². The van der Waals surface area contributed by atoms with Crippen molar-refractivity contribution in [1.29, 1.82) is 0 Å².